The van der Waals surface area contributed by atoms with Crippen LogP contribution >= 0.6 is 0 Å². The number of carboxylic acid groups (broad SMARTS) is 1. The van der Waals surface area contributed by atoms with Crippen LogP contribution < -0.4 is 4.74 Å². The van der Waals surface area contributed by atoms with Crippen molar-refractivity contribution in [2.24, 2.45) is 0 Å². The van der Waals surface area contributed by atoms with Crippen LogP contribution in [0.5, 0.6) is 5.75 Å². The number of benzene rings is 1. The molecule has 1 N–H and O–H groups in total. The highest BCUT2D eigenvalue weighted by molar-refractivity contribution is 5.95. The van der Waals surface area contributed by atoms with Crippen molar-refractivity contribution in [2.75, 3.05) is 13.7 Å². The van der Waals surface area contributed by atoms with Gasteiger partial charge in [-0.1, -0.05) is 6.07 Å². The molecule has 0 aromatic heterocycles. The van der Waals surface area contributed by atoms with Gasteiger partial charge in [-0.3, -0.25) is 9.59 Å². The maximum absolute atomic E-state index is 12.6. The minimum Gasteiger partial charge on any atom is -0.496 e. The number of piperidine rings is 1. The van der Waals surface area contributed by atoms with Crippen LogP contribution in [0.2, 0.25) is 0 Å². The monoisotopic (exact) mass is 291 g/mol. The number of hydrogen-bond donors (Lipinski definition) is 1. The SMILES string of the molecule is COc1cc(C(=O)N2CCCCC2CC(=O)O)ccc1C. The van der Waals surface area contributed by atoms with E-state index in [1.54, 1.807) is 24.1 Å². The topological polar surface area (TPSA) is 66.8 Å². The zero-order valence-electron chi connectivity index (χ0n) is 12.5. The van der Waals surface area contributed by atoms with Gasteiger partial charge in [0.1, 0.15) is 5.75 Å². The molecule has 0 radical (unpaired) electrons. The molecule has 21 heavy (non-hydrogen) atoms. The van der Waals surface area contributed by atoms with E-state index in [9.17, 15) is 9.59 Å². The van der Waals surface area contributed by atoms with Crippen LogP contribution in [0.4, 0.5) is 0 Å². The fourth-order valence-corrected chi connectivity index (χ4v) is 2.80. The number of hydrogen-bond acceptors (Lipinski definition) is 3. The van der Waals surface area contributed by atoms with Crippen molar-refractivity contribution >= 4 is 11.9 Å². The summed E-state index contributed by atoms with van der Waals surface area (Å²) in [5.41, 5.74) is 1.52. The molecule has 114 valence electrons. The fourth-order valence-electron chi connectivity index (χ4n) is 2.80. The van der Waals surface area contributed by atoms with Gasteiger partial charge in [-0.2, -0.15) is 0 Å². The van der Waals surface area contributed by atoms with Crippen molar-refractivity contribution in [1.82, 2.24) is 4.90 Å². The number of carbonyl (C=O) groups is 2. The smallest absolute Gasteiger partial charge is 0.305 e. The van der Waals surface area contributed by atoms with Gasteiger partial charge in [0.2, 0.25) is 0 Å². The highest BCUT2D eigenvalue weighted by Crippen LogP contribution is 2.25. The Labute approximate surface area is 124 Å². The fraction of sp³-hybridized carbons (Fsp3) is 0.500. The minimum atomic E-state index is -0.860. The maximum atomic E-state index is 12.6. The molecule has 1 fully saturated rings. The van der Waals surface area contributed by atoms with E-state index < -0.39 is 5.97 Å². The summed E-state index contributed by atoms with van der Waals surface area (Å²) in [6, 6.07) is 5.13. The second-order valence-electron chi connectivity index (χ2n) is 5.43. The molecule has 5 nitrogen and oxygen atoms in total. The van der Waals surface area contributed by atoms with Gasteiger partial charge < -0.3 is 14.7 Å². The van der Waals surface area contributed by atoms with E-state index in [-0.39, 0.29) is 18.4 Å². The van der Waals surface area contributed by atoms with Gasteiger partial charge in [0.05, 0.1) is 13.5 Å². The maximum Gasteiger partial charge on any atom is 0.305 e. The van der Waals surface area contributed by atoms with E-state index in [4.69, 9.17) is 9.84 Å². The Hall–Kier alpha value is -2.04. The lowest BCUT2D eigenvalue weighted by molar-refractivity contribution is -0.138. The van der Waals surface area contributed by atoms with Crippen molar-refractivity contribution in [3.05, 3.63) is 29.3 Å². The van der Waals surface area contributed by atoms with Crippen LogP contribution in [0.3, 0.4) is 0 Å². The van der Waals surface area contributed by atoms with Crippen LogP contribution in [0.1, 0.15) is 41.6 Å². The molecule has 1 aliphatic heterocycles. The molecule has 0 aliphatic carbocycles. The summed E-state index contributed by atoms with van der Waals surface area (Å²) < 4.78 is 5.25. The molecule has 1 aromatic carbocycles. The molecule has 5 heteroatoms. The molecule has 1 atom stereocenters. The lowest BCUT2D eigenvalue weighted by Crippen LogP contribution is -2.44. The van der Waals surface area contributed by atoms with Gasteiger partial charge in [-0.15, -0.1) is 0 Å². The summed E-state index contributed by atoms with van der Waals surface area (Å²) in [5, 5.41) is 9.00. The Morgan fingerprint density at radius 3 is 2.81 bits per heavy atom. The number of ether oxygens (including phenoxy) is 1. The highest BCUT2D eigenvalue weighted by atomic mass is 16.5. The average molecular weight is 291 g/mol. The summed E-state index contributed by atoms with van der Waals surface area (Å²) >= 11 is 0. The normalized spacial score (nSPS) is 18.4. The third-order valence-electron chi connectivity index (χ3n) is 3.95. The van der Waals surface area contributed by atoms with Crippen LogP contribution in [0.15, 0.2) is 18.2 Å². The second-order valence-corrected chi connectivity index (χ2v) is 5.43. The molecule has 1 aromatic rings. The Balaban J connectivity index is 2.22. The first-order valence-electron chi connectivity index (χ1n) is 7.20. The van der Waals surface area contributed by atoms with E-state index in [1.165, 1.54) is 0 Å². The molecule has 1 amide bonds. The first-order valence-corrected chi connectivity index (χ1v) is 7.20. The predicted octanol–water partition coefficient (Wildman–Crippen LogP) is 2.47. The molecule has 1 aliphatic rings. The summed E-state index contributed by atoms with van der Waals surface area (Å²) in [5.74, 6) is -0.298. The number of nitrogens with zero attached hydrogens (tertiary/aromatic N) is 1. The van der Waals surface area contributed by atoms with Crippen molar-refractivity contribution in [1.29, 1.82) is 0 Å². The minimum absolute atomic E-state index is 0.00867. The van der Waals surface area contributed by atoms with Gasteiger partial charge in [0, 0.05) is 18.2 Å². The van der Waals surface area contributed by atoms with E-state index >= 15 is 0 Å². The zero-order valence-corrected chi connectivity index (χ0v) is 12.5. The van der Waals surface area contributed by atoms with Crippen LogP contribution in [-0.4, -0.2) is 41.6 Å². The number of methoxy groups -OCH3 is 1. The molecule has 0 spiro atoms. The number of aryl methyl sites for hydroxylation is 1. The van der Waals surface area contributed by atoms with Crippen molar-refractivity contribution in [3.8, 4) is 5.75 Å². The van der Waals surface area contributed by atoms with E-state index in [0.29, 0.717) is 17.9 Å². The number of rotatable bonds is 4. The van der Waals surface area contributed by atoms with Gasteiger partial charge in [0.25, 0.3) is 5.91 Å². The van der Waals surface area contributed by atoms with E-state index in [1.807, 2.05) is 13.0 Å². The third-order valence-corrected chi connectivity index (χ3v) is 3.95. The van der Waals surface area contributed by atoms with Crippen molar-refractivity contribution in [3.63, 3.8) is 0 Å². The van der Waals surface area contributed by atoms with Gasteiger partial charge in [0.15, 0.2) is 0 Å². The number of aliphatic carboxylic acids is 1. The molecule has 1 saturated heterocycles. The van der Waals surface area contributed by atoms with Crippen LogP contribution in [-0.2, 0) is 4.79 Å². The zero-order chi connectivity index (χ0) is 15.4. The Morgan fingerprint density at radius 2 is 2.14 bits per heavy atom. The first kappa shape index (κ1) is 15.4. The number of likely N-dealkylation sites (tertiary alicyclic amines) is 1. The van der Waals surface area contributed by atoms with Crippen molar-refractivity contribution in [2.45, 2.75) is 38.6 Å². The van der Waals surface area contributed by atoms with Gasteiger partial charge >= 0.3 is 5.97 Å². The van der Waals surface area contributed by atoms with Crippen LogP contribution in [0, 0.1) is 6.92 Å². The largest absolute Gasteiger partial charge is 0.496 e. The summed E-state index contributed by atoms with van der Waals surface area (Å²) in [6.07, 6.45) is 2.65. The highest BCUT2D eigenvalue weighted by Gasteiger charge is 2.29. The molecule has 1 heterocycles. The molecular formula is C16H21NO4. The second kappa shape index (κ2) is 6.61. The van der Waals surface area contributed by atoms with E-state index in [2.05, 4.69) is 0 Å². The third kappa shape index (κ3) is 3.54. The number of carboxylic acids is 1. The Kier molecular flexibility index (Phi) is 4.83. The summed E-state index contributed by atoms with van der Waals surface area (Å²) in [7, 11) is 1.57. The predicted molar refractivity (Wildman–Crippen MR) is 78.7 cm³/mol. The quantitative estimate of drug-likeness (QED) is 0.925. The van der Waals surface area contributed by atoms with Crippen molar-refractivity contribution < 1.29 is 19.4 Å². The lowest BCUT2D eigenvalue weighted by Gasteiger charge is -2.35. The summed E-state index contributed by atoms with van der Waals surface area (Å²) in [6.45, 7) is 2.54. The van der Waals surface area contributed by atoms with Crippen LogP contribution in [0.25, 0.3) is 0 Å². The number of carbonyl (C=O) groups excluding carboxylic acids is 1. The molecule has 0 bridgehead atoms. The molecule has 1 unspecified atom stereocenters. The lowest BCUT2D eigenvalue weighted by atomic mass is 9.98. The molecule has 2 rings (SSSR count). The van der Waals surface area contributed by atoms with Gasteiger partial charge in [-0.25, -0.2) is 0 Å². The molecular weight excluding hydrogens is 270 g/mol. The van der Waals surface area contributed by atoms with E-state index in [0.717, 1.165) is 24.8 Å². The standard InChI is InChI=1S/C16H21NO4/c1-11-6-7-12(9-14(11)21-2)16(20)17-8-4-3-5-13(17)10-15(18)19/h6-7,9,13H,3-5,8,10H2,1-2H3,(H,18,19). The first-order chi connectivity index (χ1) is 10.0. The average Bonchev–Trinajstić information content (AvgIpc) is 2.47. The Bertz CT molecular complexity index is 541. The summed E-state index contributed by atoms with van der Waals surface area (Å²) in [4.78, 5) is 25.3. The van der Waals surface area contributed by atoms with Gasteiger partial charge in [-0.05, 0) is 43.9 Å². The number of amides is 1. The Morgan fingerprint density at radius 1 is 1.38 bits per heavy atom. The molecule has 0 saturated carbocycles.